The average Bonchev–Trinajstić information content (AvgIpc) is 2.94. The minimum absolute atomic E-state index is 0.00571. The fraction of sp³-hybridized carbons (Fsp3) is 0.133. The zero-order chi connectivity index (χ0) is 14.8. The van der Waals surface area contributed by atoms with E-state index in [9.17, 15) is 9.18 Å². The summed E-state index contributed by atoms with van der Waals surface area (Å²) in [7, 11) is 0. The molecule has 0 bridgehead atoms. The SMILES string of the molecule is O=Cc1cc2c(cc1OCc1cc(Br)ccc1F)OCO2. The largest absolute Gasteiger partial charge is 0.488 e. The first kappa shape index (κ1) is 13.9. The second kappa shape index (κ2) is 5.73. The maximum Gasteiger partial charge on any atom is 0.231 e. The van der Waals surface area contributed by atoms with E-state index in [1.807, 2.05) is 0 Å². The summed E-state index contributed by atoms with van der Waals surface area (Å²) < 4.78 is 30.4. The number of halogens is 2. The molecule has 0 saturated carbocycles. The number of rotatable bonds is 4. The van der Waals surface area contributed by atoms with Crippen LogP contribution in [-0.4, -0.2) is 13.1 Å². The van der Waals surface area contributed by atoms with E-state index in [0.29, 0.717) is 34.7 Å². The number of carbonyl (C=O) groups is 1. The molecule has 0 aromatic heterocycles. The van der Waals surface area contributed by atoms with Gasteiger partial charge in [0, 0.05) is 16.1 Å². The lowest BCUT2D eigenvalue weighted by molar-refractivity contribution is 0.111. The van der Waals surface area contributed by atoms with Crippen molar-refractivity contribution in [2.24, 2.45) is 0 Å². The van der Waals surface area contributed by atoms with Crippen molar-refractivity contribution in [2.75, 3.05) is 6.79 Å². The molecule has 0 amide bonds. The molecule has 21 heavy (non-hydrogen) atoms. The van der Waals surface area contributed by atoms with Crippen LogP contribution in [0.15, 0.2) is 34.8 Å². The van der Waals surface area contributed by atoms with Crippen LogP contribution in [0.5, 0.6) is 17.2 Å². The molecule has 0 radical (unpaired) electrons. The summed E-state index contributed by atoms with van der Waals surface area (Å²) in [6.07, 6.45) is 0.661. The molecule has 3 rings (SSSR count). The number of hydrogen-bond donors (Lipinski definition) is 0. The zero-order valence-corrected chi connectivity index (χ0v) is 12.4. The van der Waals surface area contributed by atoms with Crippen molar-refractivity contribution in [1.29, 1.82) is 0 Å². The summed E-state index contributed by atoms with van der Waals surface area (Å²) in [5.41, 5.74) is 0.716. The highest BCUT2D eigenvalue weighted by Gasteiger charge is 2.18. The Bertz CT molecular complexity index is 702. The molecule has 1 aliphatic heterocycles. The topological polar surface area (TPSA) is 44.8 Å². The van der Waals surface area contributed by atoms with Gasteiger partial charge in [-0.25, -0.2) is 4.39 Å². The first-order chi connectivity index (χ1) is 10.2. The predicted molar refractivity (Wildman–Crippen MR) is 76.4 cm³/mol. The van der Waals surface area contributed by atoms with Crippen LogP contribution >= 0.6 is 15.9 Å². The monoisotopic (exact) mass is 352 g/mol. The quantitative estimate of drug-likeness (QED) is 0.787. The molecule has 6 heteroatoms. The highest BCUT2D eigenvalue weighted by Crippen LogP contribution is 2.37. The minimum Gasteiger partial charge on any atom is -0.488 e. The van der Waals surface area contributed by atoms with Crippen LogP contribution in [0.1, 0.15) is 15.9 Å². The molecule has 0 N–H and O–H groups in total. The summed E-state index contributed by atoms with van der Waals surface area (Å²) >= 11 is 3.28. The summed E-state index contributed by atoms with van der Waals surface area (Å²) in [5, 5.41) is 0. The van der Waals surface area contributed by atoms with Crippen LogP contribution in [0.3, 0.4) is 0 Å². The lowest BCUT2D eigenvalue weighted by atomic mass is 10.2. The molecule has 1 heterocycles. The molecule has 0 unspecified atom stereocenters. The molecule has 2 aromatic rings. The van der Waals surface area contributed by atoms with Crippen molar-refractivity contribution in [3.05, 3.63) is 51.7 Å². The van der Waals surface area contributed by atoms with Gasteiger partial charge >= 0.3 is 0 Å². The van der Waals surface area contributed by atoms with Gasteiger partial charge in [-0.1, -0.05) is 15.9 Å². The molecule has 0 aliphatic carbocycles. The molecule has 108 valence electrons. The fourth-order valence-electron chi connectivity index (χ4n) is 1.97. The Kier molecular flexibility index (Phi) is 3.79. The number of aldehydes is 1. The Hall–Kier alpha value is -2.08. The Morgan fingerprint density at radius 3 is 2.76 bits per heavy atom. The third kappa shape index (κ3) is 2.85. The average molecular weight is 353 g/mol. The van der Waals surface area contributed by atoms with Gasteiger partial charge in [-0.05, 0) is 24.3 Å². The zero-order valence-electron chi connectivity index (χ0n) is 10.8. The molecule has 0 atom stereocenters. The van der Waals surface area contributed by atoms with Crippen molar-refractivity contribution in [1.82, 2.24) is 0 Å². The normalized spacial score (nSPS) is 12.3. The molecular formula is C15H10BrFO4. The standard InChI is InChI=1S/C15H10BrFO4/c16-11-1-2-12(17)10(3-11)7-19-13-5-15-14(20-8-21-15)4-9(13)6-18/h1-6H,7-8H2. The Morgan fingerprint density at radius 1 is 1.24 bits per heavy atom. The van der Waals surface area contributed by atoms with E-state index >= 15 is 0 Å². The van der Waals surface area contributed by atoms with Crippen LogP contribution in [0.25, 0.3) is 0 Å². The summed E-state index contributed by atoms with van der Waals surface area (Å²) in [6.45, 7) is 0.114. The van der Waals surface area contributed by atoms with Gasteiger partial charge in [0.2, 0.25) is 6.79 Å². The third-order valence-corrected chi connectivity index (χ3v) is 3.52. The lowest BCUT2D eigenvalue weighted by Crippen LogP contribution is -2.01. The van der Waals surface area contributed by atoms with Crippen LogP contribution in [0, 0.1) is 5.82 Å². The van der Waals surface area contributed by atoms with Gasteiger partial charge in [-0.2, -0.15) is 0 Å². The molecule has 1 aliphatic rings. The summed E-state index contributed by atoms with van der Waals surface area (Å²) in [4.78, 5) is 11.1. The third-order valence-electron chi connectivity index (χ3n) is 3.02. The molecular weight excluding hydrogens is 343 g/mol. The van der Waals surface area contributed by atoms with E-state index in [2.05, 4.69) is 15.9 Å². The van der Waals surface area contributed by atoms with Gasteiger partial charge in [0.15, 0.2) is 17.8 Å². The number of carbonyl (C=O) groups excluding carboxylic acids is 1. The van der Waals surface area contributed by atoms with Gasteiger partial charge in [0.25, 0.3) is 0 Å². The maximum atomic E-state index is 13.7. The second-order valence-electron chi connectivity index (χ2n) is 4.39. The van der Waals surface area contributed by atoms with E-state index in [-0.39, 0.29) is 19.2 Å². The second-order valence-corrected chi connectivity index (χ2v) is 5.30. The van der Waals surface area contributed by atoms with Gasteiger partial charge in [0.05, 0.1) is 5.56 Å². The van der Waals surface area contributed by atoms with Crippen LogP contribution in [-0.2, 0) is 6.61 Å². The number of fused-ring (bicyclic) bond motifs is 1. The Morgan fingerprint density at radius 2 is 2.00 bits per heavy atom. The van der Waals surface area contributed by atoms with Crippen molar-refractivity contribution in [2.45, 2.75) is 6.61 Å². The number of hydrogen-bond acceptors (Lipinski definition) is 4. The fourth-order valence-corrected chi connectivity index (χ4v) is 2.37. The van der Waals surface area contributed by atoms with E-state index < -0.39 is 0 Å². The first-order valence-corrected chi connectivity index (χ1v) is 6.92. The number of benzene rings is 2. The van der Waals surface area contributed by atoms with Gasteiger partial charge in [-0.15, -0.1) is 0 Å². The van der Waals surface area contributed by atoms with Crippen molar-refractivity contribution in [3.8, 4) is 17.2 Å². The smallest absolute Gasteiger partial charge is 0.231 e. The van der Waals surface area contributed by atoms with E-state index in [1.54, 1.807) is 24.3 Å². The maximum absolute atomic E-state index is 13.7. The van der Waals surface area contributed by atoms with E-state index in [0.717, 1.165) is 4.47 Å². The highest BCUT2D eigenvalue weighted by molar-refractivity contribution is 9.10. The molecule has 0 spiro atoms. The van der Waals surface area contributed by atoms with E-state index in [1.165, 1.54) is 6.07 Å². The Labute approximate surface area is 128 Å². The van der Waals surface area contributed by atoms with Gasteiger partial charge < -0.3 is 14.2 Å². The molecule has 2 aromatic carbocycles. The predicted octanol–water partition coefficient (Wildman–Crippen LogP) is 3.71. The molecule has 0 fully saturated rings. The summed E-state index contributed by atoms with van der Waals surface area (Å²) in [6, 6.07) is 7.70. The minimum atomic E-state index is -0.369. The van der Waals surface area contributed by atoms with Crippen molar-refractivity contribution >= 4 is 22.2 Å². The van der Waals surface area contributed by atoms with E-state index in [4.69, 9.17) is 14.2 Å². The van der Waals surface area contributed by atoms with Crippen molar-refractivity contribution < 1.29 is 23.4 Å². The molecule has 0 saturated heterocycles. The van der Waals surface area contributed by atoms with Gasteiger partial charge in [-0.3, -0.25) is 4.79 Å². The number of ether oxygens (including phenoxy) is 3. The van der Waals surface area contributed by atoms with Crippen LogP contribution in [0.4, 0.5) is 4.39 Å². The van der Waals surface area contributed by atoms with Crippen molar-refractivity contribution in [3.63, 3.8) is 0 Å². The first-order valence-electron chi connectivity index (χ1n) is 6.13. The van der Waals surface area contributed by atoms with Crippen LogP contribution < -0.4 is 14.2 Å². The van der Waals surface area contributed by atoms with Gasteiger partial charge in [0.1, 0.15) is 18.2 Å². The highest BCUT2D eigenvalue weighted by atomic mass is 79.9. The molecule has 4 nitrogen and oxygen atoms in total. The van der Waals surface area contributed by atoms with Crippen LogP contribution in [0.2, 0.25) is 0 Å². The lowest BCUT2D eigenvalue weighted by Gasteiger charge is -2.10. The summed E-state index contributed by atoms with van der Waals surface area (Å²) in [5.74, 6) is 0.962. The Balaban J connectivity index is 1.85.